The Morgan fingerprint density at radius 3 is 2.58 bits per heavy atom. The van der Waals surface area contributed by atoms with Gasteiger partial charge in [0.1, 0.15) is 0 Å². The van der Waals surface area contributed by atoms with Gasteiger partial charge in [-0.3, -0.25) is 14.6 Å². The summed E-state index contributed by atoms with van der Waals surface area (Å²) in [6, 6.07) is 0.560. The summed E-state index contributed by atoms with van der Waals surface area (Å²) in [4.78, 5) is 18.4. The number of aromatic nitrogens is 2. The Morgan fingerprint density at radius 1 is 1.17 bits per heavy atom. The van der Waals surface area contributed by atoms with Gasteiger partial charge < -0.3 is 9.32 Å². The third-order valence-electron chi connectivity index (χ3n) is 5.64. The zero-order chi connectivity index (χ0) is 16.7. The van der Waals surface area contributed by atoms with Crippen molar-refractivity contribution in [3.63, 3.8) is 0 Å². The van der Waals surface area contributed by atoms with Crippen molar-refractivity contribution in [2.45, 2.75) is 45.2 Å². The van der Waals surface area contributed by atoms with Crippen molar-refractivity contribution >= 4 is 5.91 Å². The van der Waals surface area contributed by atoms with Gasteiger partial charge >= 0.3 is 0 Å². The Balaban J connectivity index is 1.31. The Bertz CT molecular complexity index is 592. The highest BCUT2D eigenvalue weighted by Gasteiger charge is 2.36. The van der Waals surface area contributed by atoms with Crippen molar-refractivity contribution in [1.82, 2.24) is 24.9 Å². The third-order valence-corrected chi connectivity index (χ3v) is 5.64. The largest absolute Gasteiger partial charge is 0.424 e. The summed E-state index contributed by atoms with van der Waals surface area (Å²) < 4.78 is 5.80. The number of nitrogens with zero attached hydrogens (tertiary/aromatic N) is 5. The average Bonchev–Trinajstić information content (AvgIpc) is 3.21. The quantitative estimate of drug-likeness (QED) is 0.817. The van der Waals surface area contributed by atoms with Gasteiger partial charge in [0.2, 0.25) is 17.7 Å². The predicted molar refractivity (Wildman–Crippen MR) is 88.3 cm³/mol. The minimum Gasteiger partial charge on any atom is -0.424 e. The fourth-order valence-electron chi connectivity index (χ4n) is 4.04. The Labute approximate surface area is 143 Å². The molecule has 2 atom stereocenters. The lowest BCUT2D eigenvalue weighted by Crippen LogP contribution is -2.53. The lowest BCUT2D eigenvalue weighted by Gasteiger charge is -2.39. The summed E-state index contributed by atoms with van der Waals surface area (Å²) in [5, 5.41) is 8.40. The Morgan fingerprint density at radius 2 is 1.92 bits per heavy atom. The Hall–Kier alpha value is -1.47. The maximum atomic E-state index is 11.5. The second-order valence-electron chi connectivity index (χ2n) is 7.59. The van der Waals surface area contributed by atoms with E-state index in [9.17, 15) is 4.79 Å². The van der Waals surface area contributed by atoms with Crippen molar-refractivity contribution in [3.8, 4) is 0 Å². The van der Waals surface area contributed by atoms with Crippen LogP contribution in [0, 0.1) is 5.92 Å². The Kier molecular flexibility index (Phi) is 4.30. The molecule has 2 saturated heterocycles. The summed E-state index contributed by atoms with van der Waals surface area (Å²) in [5.41, 5.74) is 0. The van der Waals surface area contributed by atoms with E-state index < -0.39 is 0 Å². The third kappa shape index (κ3) is 3.32. The minimum absolute atomic E-state index is 0.193. The zero-order valence-corrected chi connectivity index (χ0v) is 14.6. The maximum absolute atomic E-state index is 11.5. The van der Waals surface area contributed by atoms with Gasteiger partial charge in [0.15, 0.2) is 0 Å². The van der Waals surface area contributed by atoms with Crippen LogP contribution in [0.1, 0.15) is 44.4 Å². The van der Waals surface area contributed by atoms with Crippen molar-refractivity contribution in [2.24, 2.45) is 5.92 Å². The van der Waals surface area contributed by atoms with E-state index in [4.69, 9.17) is 4.42 Å². The normalized spacial score (nSPS) is 29.3. The molecule has 0 spiro atoms. The van der Waals surface area contributed by atoms with Gasteiger partial charge in [-0.05, 0) is 18.8 Å². The summed E-state index contributed by atoms with van der Waals surface area (Å²) >= 11 is 0. The van der Waals surface area contributed by atoms with Crippen LogP contribution in [0.15, 0.2) is 4.42 Å². The van der Waals surface area contributed by atoms with Crippen molar-refractivity contribution in [3.05, 3.63) is 11.8 Å². The molecule has 3 aliphatic rings. The molecule has 3 fully saturated rings. The standard InChI is InChI=1S/C17H27N5O2/c1-12-9-20(11-16-18-19-17(24-16)14-3-4-14)10-15(12)22-7-5-21(6-8-22)13(2)23/h12,14-15H,3-11H2,1-2H3/t12-,15-/m0/s1. The molecule has 0 radical (unpaired) electrons. The second-order valence-corrected chi connectivity index (χ2v) is 7.59. The summed E-state index contributed by atoms with van der Waals surface area (Å²) in [7, 11) is 0. The highest BCUT2D eigenvalue weighted by molar-refractivity contribution is 5.73. The highest BCUT2D eigenvalue weighted by atomic mass is 16.4. The van der Waals surface area contributed by atoms with Crippen LogP contribution >= 0.6 is 0 Å². The highest BCUT2D eigenvalue weighted by Crippen LogP contribution is 2.39. The predicted octanol–water partition coefficient (Wildman–Crippen LogP) is 0.931. The van der Waals surface area contributed by atoms with Gasteiger partial charge in [0, 0.05) is 58.2 Å². The average molecular weight is 333 g/mol. The fraction of sp³-hybridized carbons (Fsp3) is 0.824. The first-order valence-corrected chi connectivity index (χ1v) is 9.14. The molecule has 1 aromatic heterocycles. The van der Waals surface area contributed by atoms with Crippen LogP contribution in [-0.2, 0) is 11.3 Å². The van der Waals surface area contributed by atoms with Gasteiger partial charge in [0.05, 0.1) is 6.54 Å². The number of piperazine rings is 1. The van der Waals surface area contributed by atoms with E-state index in [1.54, 1.807) is 6.92 Å². The van der Waals surface area contributed by atoms with Crippen molar-refractivity contribution < 1.29 is 9.21 Å². The van der Waals surface area contributed by atoms with Gasteiger partial charge in [-0.2, -0.15) is 0 Å². The molecular formula is C17H27N5O2. The molecule has 0 N–H and O–H groups in total. The number of rotatable bonds is 4. The van der Waals surface area contributed by atoms with Crippen LogP contribution < -0.4 is 0 Å². The van der Waals surface area contributed by atoms with E-state index in [-0.39, 0.29) is 5.91 Å². The number of likely N-dealkylation sites (tertiary alicyclic amines) is 1. The number of hydrogen-bond donors (Lipinski definition) is 0. The molecule has 3 heterocycles. The molecular weight excluding hydrogens is 306 g/mol. The van der Waals surface area contributed by atoms with E-state index >= 15 is 0 Å². The topological polar surface area (TPSA) is 65.7 Å². The second kappa shape index (κ2) is 6.44. The van der Waals surface area contributed by atoms with Gasteiger partial charge in [-0.15, -0.1) is 10.2 Å². The van der Waals surface area contributed by atoms with E-state index in [1.807, 2.05) is 4.90 Å². The van der Waals surface area contributed by atoms with E-state index in [0.29, 0.717) is 17.9 Å². The first-order chi connectivity index (χ1) is 11.6. The summed E-state index contributed by atoms with van der Waals surface area (Å²) in [5.74, 6) is 2.92. The van der Waals surface area contributed by atoms with E-state index in [0.717, 1.165) is 57.6 Å². The zero-order valence-electron chi connectivity index (χ0n) is 14.6. The van der Waals surface area contributed by atoms with Crippen LogP contribution in [0.3, 0.4) is 0 Å². The molecule has 1 aromatic rings. The molecule has 0 bridgehead atoms. The monoisotopic (exact) mass is 333 g/mol. The summed E-state index contributed by atoms with van der Waals surface area (Å²) in [6.07, 6.45) is 2.38. The van der Waals surface area contributed by atoms with Crippen LogP contribution in [0.25, 0.3) is 0 Å². The summed E-state index contributed by atoms with van der Waals surface area (Å²) in [6.45, 7) is 10.5. The molecule has 2 aliphatic heterocycles. The van der Waals surface area contributed by atoms with Gasteiger partial charge in [-0.1, -0.05) is 6.92 Å². The molecule has 0 unspecified atom stereocenters. The fourth-order valence-corrected chi connectivity index (χ4v) is 4.04. The maximum Gasteiger partial charge on any atom is 0.230 e. The SMILES string of the molecule is CC(=O)N1CCN([C@H]2CN(Cc3nnc(C4CC4)o3)C[C@@H]2C)CC1. The molecule has 7 heteroatoms. The molecule has 1 amide bonds. The first-order valence-electron chi connectivity index (χ1n) is 9.14. The number of carbonyl (C=O) groups is 1. The molecule has 1 aliphatic carbocycles. The molecule has 0 aromatic carbocycles. The van der Waals surface area contributed by atoms with Gasteiger partial charge in [0.25, 0.3) is 0 Å². The van der Waals surface area contributed by atoms with Crippen LogP contribution in [0.5, 0.6) is 0 Å². The minimum atomic E-state index is 0.193. The van der Waals surface area contributed by atoms with Crippen LogP contribution in [-0.4, -0.2) is 76.1 Å². The lowest BCUT2D eigenvalue weighted by atomic mass is 10.0. The molecule has 1 saturated carbocycles. The van der Waals surface area contributed by atoms with Crippen molar-refractivity contribution in [2.75, 3.05) is 39.3 Å². The van der Waals surface area contributed by atoms with E-state index in [1.165, 1.54) is 12.8 Å². The molecule has 4 rings (SSSR count). The number of carbonyl (C=O) groups excluding carboxylic acids is 1. The molecule has 24 heavy (non-hydrogen) atoms. The first kappa shape index (κ1) is 16.0. The van der Waals surface area contributed by atoms with E-state index in [2.05, 4.69) is 26.9 Å². The van der Waals surface area contributed by atoms with Crippen LogP contribution in [0.2, 0.25) is 0 Å². The van der Waals surface area contributed by atoms with Gasteiger partial charge in [-0.25, -0.2) is 0 Å². The number of amides is 1. The molecule has 7 nitrogen and oxygen atoms in total. The van der Waals surface area contributed by atoms with Crippen molar-refractivity contribution in [1.29, 1.82) is 0 Å². The smallest absolute Gasteiger partial charge is 0.230 e. The molecule has 132 valence electrons. The lowest BCUT2D eigenvalue weighted by molar-refractivity contribution is -0.130. The number of hydrogen-bond acceptors (Lipinski definition) is 6. The van der Waals surface area contributed by atoms with Crippen LogP contribution in [0.4, 0.5) is 0 Å².